The van der Waals surface area contributed by atoms with Gasteiger partial charge in [-0.15, -0.1) is 0 Å². The van der Waals surface area contributed by atoms with Crippen LogP contribution in [0.3, 0.4) is 0 Å². The smallest absolute Gasteiger partial charge is 0.0813 e. The molecule has 2 nitrogen and oxygen atoms in total. The largest absolute Gasteiger partial charge is 0.296 e. The number of nitrogens with one attached hydrogen (secondary N) is 1. The third kappa shape index (κ3) is 7.92. The van der Waals surface area contributed by atoms with Crippen molar-refractivity contribution in [3.63, 3.8) is 0 Å². The highest BCUT2D eigenvalue weighted by atomic mass is 16.7. The summed E-state index contributed by atoms with van der Waals surface area (Å²) in [6, 6.07) is 0. The molecule has 62 valence electrons. The minimum atomic E-state index is -0.104. The van der Waals surface area contributed by atoms with Crippen LogP contribution in [0.5, 0.6) is 0 Å². The van der Waals surface area contributed by atoms with Crippen LogP contribution in [0.25, 0.3) is 0 Å². The highest BCUT2D eigenvalue weighted by Crippen LogP contribution is 2.07. The van der Waals surface area contributed by atoms with E-state index in [1.807, 2.05) is 20.8 Å². The molecule has 0 unspecified atom stereocenters. The summed E-state index contributed by atoms with van der Waals surface area (Å²) >= 11 is 0. The van der Waals surface area contributed by atoms with Gasteiger partial charge in [-0.05, 0) is 41.5 Å². The predicted molar refractivity (Wildman–Crippen MR) is 43.7 cm³/mol. The molecule has 0 bridgehead atoms. The number of hydroxylamine groups is 1. The standard InChI is InChI=1S/C8H19NO/c1-7(2,3)9-10-8(4,5)6/h9H,1-6H3. The van der Waals surface area contributed by atoms with E-state index in [0.717, 1.165) is 0 Å². The van der Waals surface area contributed by atoms with E-state index in [9.17, 15) is 0 Å². The first-order valence-electron chi connectivity index (χ1n) is 3.66. The summed E-state index contributed by atoms with van der Waals surface area (Å²) in [4.78, 5) is 5.34. The van der Waals surface area contributed by atoms with Gasteiger partial charge in [-0.25, -0.2) is 0 Å². The molecular formula is C8H19NO. The number of rotatable bonds is 1. The Morgan fingerprint density at radius 1 is 0.900 bits per heavy atom. The van der Waals surface area contributed by atoms with Crippen molar-refractivity contribution in [2.24, 2.45) is 0 Å². The number of hydrogen-bond donors (Lipinski definition) is 1. The molecule has 10 heavy (non-hydrogen) atoms. The van der Waals surface area contributed by atoms with Crippen molar-refractivity contribution >= 4 is 0 Å². The van der Waals surface area contributed by atoms with E-state index in [0.29, 0.717) is 0 Å². The second kappa shape index (κ2) is 2.89. The molecule has 0 aromatic heterocycles. The van der Waals surface area contributed by atoms with Gasteiger partial charge in [0.1, 0.15) is 0 Å². The van der Waals surface area contributed by atoms with Gasteiger partial charge in [-0.1, -0.05) is 0 Å². The van der Waals surface area contributed by atoms with Gasteiger partial charge in [0, 0.05) is 5.54 Å². The normalized spacial score (nSPS) is 13.8. The topological polar surface area (TPSA) is 21.3 Å². The average molecular weight is 145 g/mol. The van der Waals surface area contributed by atoms with Crippen molar-refractivity contribution in [3.05, 3.63) is 0 Å². The molecule has 0 aliphatic heterocycles. The lowest BCUT2D eigenvalue weighted by molar-refractivity contribution is -0.102. The van der Waals surface area contributed by atoms with Crippen molar-refractivity contribution in [1.82, 2.24) is 5.48 Å². The molecular weight excluding hydrogens is 126 g/mol. The minimum absolute atomic E-state index is 0.0350. The summed E-state index contributed by atoms with van der Waals surface area (Å²) in [6.07, 6.45) is 0. The molecule has 0 aromatic carbocycles. The quantitative estimate of drug-likeness (QED) is 0.570. The Balaban J connectivity index is 3.56. The third-order valence-corrected chi connectivity index (χ3v) is 0.663. The molecule has 0 saturated carbocycles. The lowest BCUT2D eigenvalue weighted by atomic mass is 10.1. The first-order valence-corrected chi connectivity index (χ1v) is 3.66. The second-order valence-electron chi connectivity index (χ2n) is 4.57. The lowest BCUT2D eigenvalue weighted by Crippen LogP contribution is -2.41. The molecule has 0 aliphatic carbocycles. The van der Waals surface area contributed by atoms with Crippen molar-refractivity contribution in [2.75, 3.05) is 0 Å². The molecule has 1 N–H and O–H groups in total. The van der Waals surface area contributed by atoms with Crippen LogP contribution in [-0.2, 0) is 4.84 Å². The second-order valence-corrected chi connectivity index (χ2v) is 4.57. The number of hydrogen-bond acceptors (Lipinski definition) is 2. The van der Waals surface area contributed by atoms with Gasteiger partial charge < -0.3 is 0 Å². The van der Waals surface area contributed by atoms with Gasteiger partial charge >= 0.3 is 0 Å². The molecule has 2 heteroatoms. The lowest BCUT2D eigenvalue weighted by Gasteiger charge is -2.27. The Morgan fingerprint density at radius 3 is 1.40 bits per heavy atom. The SMILES string of the molecule is CC(C)(C)NOC(C)(C)C. The zero-order valence-corrected chi connectivity index (χ0v) is 7.91. The Bertz CT molecular complexity index is 82.8. The first-order chi connectivity index (χ1) is 4.21. The van der Waals surface area contributed by atoms with E-state index >= 15 is 0 Å². The first kappa shape index (κ1) is 9.92. The third-order valence-electron chi connectivity index (χ3n) is 0.663. The highest BCUT2D eigenvalue weighted by molar-refractivity contribution is 4.66. The van der Waals surface area contributed by atoms with Crippen LogP contribution in [0.1, 0.15) is 41.5 Å². The van der Waals surface area contributed by atoms with Crippen LogP contribution in [0, 0.1) is 0 Å². The fourth-order valence-electron chi connectivity index (χ4n) is 0.306. The Kier molecular flexibility index (Phi) is 2.86. The van der Waals surface area contributed by atoms with Crippen LogP contribution in [0.15, 0.2) is 0 Å². The fraction of sp³-hybridized carbons (Fsp3) is 1.00. The molecule has 0 saturated heterocycles. The van der Waals surface area contributed by atoms with E-state index in [4.69, 9.17) is 4.84 Å². The van der Waals surface area contributed by atoms with E-state index in [1.165, 1.54) is 0 Å². The molecule has 0 aliphatic rings. The molecule has 0 fully saturated rings. The molecule has 0 heterocycles. The Hall–Kier alpha value is -0.0800. The monoisotopic (exact) mass is 145 g/mol. The summed E-state index contributed by atoms with van der Waals surface area (Å²) in [6.45, 7) is 12.3. The van der Waals surface area contributed by atoms with Crippen molar-refractivity contribution < 1.29 is 4.84 Å². The van der Waals surface area contributed by atoms with Crippen LogP contribution in [0.2, 0.25) is 0 Å². The van der Waals surface area contributed by atoms with E-state index in [2.05, 4.69) is 26.3 Å². The zero-order chi connectivity index (χ0) is 8.41. The maximum atomic E-state index is 5.34. The zero-order valence-electron chi connectivity index (χ0n) is 7.91. The van der Waals surface area contributed by atoms with Crippen LogP contribution in [-0.4, -0.2) is 11.1 Å². The summed E-state index contributed by atoms with van der Waals surface area (Å²) < 4.78 is 0. The van der Waals surface area contributed by atoms with Gasteiger partial charge in [-0.3, -0.25) is 4.84 Å². The van der Waals surface area contributed by atoms with Gasteiger partial charge in [0.05, 0.1) is 5.60 Å². The van der Waals surface area contributed by atoms with Crippen molar-refractivity contribution in [1.29, 1.82) is 0 Å². The highest BCUT2D eigenvalue weighted by Gasteiger charge is 2.15. The summed E-state index contributed by atoms with van der Waals surface area (Å²) in [5.41, 5.74) is 2.89. The van der Waals surface area contributed by atoms with Gasteiger partial charge in [0.25, 0.3) is 0 Å². The summed E-state index contributed by atoms with van der Waals surface area (Å²) in [5, 5.41) is 0. The summed E-state index contributed by atoms with van der Waals surface area (Å²) in [7, 11) is 0. The van der Waals surface area contributed by atoms with Crippen LogP contribution >= 0.6 is 0 Å². The molecule has 0 amide bonds. The maximum Gasteiger partial charge on any atom is 0.0813 e. The molecule has 0 spiro atoms. The van der Waals surface area contributed by atoms with Gasteiger partial charge in [0.15, 0.2) is 0 Å². The molecule has 0 aromatic rings. The van der Waals surface area contributed by atoms with Crippen LogP contribution < -0.4 is 5.48 Å². The van der Waals surface area contributed by atoms with Crippen molar-refractivity contribution in [2.45, 2.75) is 52.7 Å². The van der Waals surface area contributed by atoms with Gasteiger partial charge in [0.2, 0.25) is 0 Å². The molecule has 0 atom stereocenters. The van der Waals surface area contributed by atoms with E-state index in [-0.39, 0.29) is 11.1 Å². The maximum absolute atomic E-state index is 5.34. The Labute approximate surface area is 63.9 Å². The minimum Gasteiger partial charge on any atom is -0.296 e. The summed E-state index contributed by atoms with van der Waals surface area (Å²) in [5.74, 6) is 0. The van der Waals surface area contributed by atoms with Crippen LogP contribution in [0.4, 0.5) is 0 Å². The molecule has 0 rings (SSSR count). The predicted octanol–water partition coefficient (Wildman–Crippen LogP) is 2.10. The van der Waals surface area contributed by atoms with E-state index < -0.39 is 0 Å². The average Bonchev–Trinajstić information content (AvgIpc) is 1.57. The van der Waals surface area contributed by atoms with Gasteiger partial charge in [-0.2, -0.15) is 5.48 Å². The fourth-order valence-corrected chi connectivity index (χ4v) is 0.306. The molecule has 0 radical (unpaired) electrons. The van der Waals surface area contributed by atoms with E-state index in [1.54, 1.807) is 0 Å². The Morgan fingerprint density at radius 2 is 1.30 bits per heavy atom. The van der Waals surface area contributed by atoms with Crippen molar-refractivity contribution in [3.8, 4) is 0 Å².